The number of ether oxygens (including phenoxy) is 1. The van der Waals surface area contributed by atoms with E-state index in [1.807, 2.05) is 0 Å². The molecule has 4 heteroatoms. The maximum atomic E-state index is 12.0. The second-order valence-corrected chi connectivity index (χ2v) is 8.12. The van der Waals surface area contributed by atoms with Crippen LogP contribution < -0.4 is 10.1 Å². The van der Waals surface area contributed by atoms with Gasteiger partial charge in [-0.2, -0.15) is 0 Å². The van der Waals surface area contributed by atoms with Gasteiger partial charge in [-0.15, -0.1) is 0 Å². The number of nitrogens with one attached hydrogen (secondary N) is 1. The molecule has 1 aromatic carbocycles. The van der Waals surface area contributed by atoms with Crippen molar-refractivity contribution in [2.45, 2.75) is 103 Å². The molecule has 30 heavy (non-hydrogen) atoms. The summed E-state index contributed by atoms with van der Waals surface area (Å²) in [6, 6.07) is 5.13. The van der Waals surface area contributed by atoms with Crippen molar-refractivity contribution in [3.8, 4) is 11.5 Å². The van der Waals surface area contributed by atoms with Gasteiger partial charge in [0.05, 0.1) is 7.11 Å². The minimum Gasteiger partial charge on any atom is -0.504 e. The molecule has 0 bridgehead atoms. The van der Waals surface area contributed by atoms with Gasteiger partial charge in [-0.3, -0.25) is 4.79 Å². The summed E-state index contributed by atoms with van der Waals surface area (Å²) in [5.41, 5.74) is 0.920. The summed E-state index contributed by atoms with van der Waals surface area (Å²) in [6.07, 6.45) is 21.7. The van der Waals surface area contributed by atoms with E-state index in [9.17, 15) is 9.90 Å². The van der Waals surface area contributed by atoms with Gasteiger partial charge in [-0.05, 0) is 49.8 Å². The average molecular weight is 418 g/mol. The van der Waals surface area contributed by atoms with Crippen LogP contribution in [0.15, 0.2) is 30.4 Å². The molecule has 0 unspecified atom stereocenters. The number of amides is 1. The Kier molecular flexibility index (Phi) is 15.5. The summed E-state index contributed by atoms with van der Waals surface area (Å²) in [5.74, 6) is 0.628. The highest BCUT2D eigenvalue weighted by Crippen LogP contribution is 2.26. The summed E-state index contributed by atoms with van der Waals surface area (Å²) in [6.45, 7) is 2.72. The van der Waals surface area contributed by atoms with Gasteiger partial charge in [0, 0.05) is 13.0 Å². The Morgan fingerprint density at radius 3 is 2.17 bits per heavy atom. The van der Waals surface area contributed by atoms with E-state index in [1.54, 1.807) is 18.2 Å². The van der Waals surface area contributed by atoms with Gasteiger partial charge < -0.3 is 15.2 Å². The van der Waals surface area contributed by atoms with Crippen molar-refractivity contribution < 1.29 is 14.6 Å². The zero-order chi connectivity index (χ0) is 21.9. The van der Waals surface area contributed by atoms with Crippen molar-refractivity contribution in [3.63, 3.8) is 0 Å². The number of unbranched alkanes of at least 4 members (excludes halogenated alkanes) is 11. The van der Waals surface area contributed by atoms with Crippen molar-refractivity contribution in [1.29, 1.82) is 0 Å². The first kappa shape index (κ1) is 26.1. The van der Waals surface area contributed by atoms with Crippen molar-refractivity contribution in [3.05, 3.63) is 35.9 Å². The average Bonchev–Trinajstić information content (AvgIpc) is 2.75. The van der Waals surface area contributed by atoms with Crippen molar-refractivity contribution in [2.24, 2.45) is 0 Å². The molecular weight excluding hydrogens is 374 g/mol. The fourth-order valence-corrected chi connectivity index (χ4v) is 3.48. The molecule has 0 radical (unpaired) electrons. The molecule has 0 aliphatic heterocycles. The van der Waals surface area contributed by atoms with Crippen LogP contribution in [0.25, 0.3) is 0 Å². The lowest BCUT2D eigenvalue weighted by atomic mass is 10.1. The maximum absolute atomic E-state index is 12.0. The summed E-state index contributed by atoms with van der Waals surface area (Å²) >= 11 is 0. The first-order valence-corrected chi connectivity index (χ1v) is 11.9. The first-order chi connectivity index (χ1) is 14.7. The highest BCUT2D eigenvalue weighted by molar-refractivity contribution is 5.75. The smallest absolute Gasteiger partial charge is 0.220 e. The number of benzene rings is 1. The van der Waals surface area contributed by atoms with Gasteiger partial charge in [-0.1, -0.05) is 76.5 Å². The minimum absolute atomic E-state index is 0.0851. The van der Waals surface area contributed by atoms with Gasteiger partial charge in [0.1, 0.15) is 0 Å². The summed E-state index contributed by atoms with van der Waals surface area (Å²) in [7, 11) is 1.52. The van der Waals surface area contributed by atoms with Crippen LogP contribution in [0.4, 0.5) is 0 Å². The molecule has 4 nitrogen and oxygen atoms in total. The van der Waals surface area contributed by atoms with Crippen LogP contribution in [0.5, 0.6) is 11.5 Å². The molecule has 2 N–H and O–H groups in total. The number of phenolic OH excluding ortho intramolecular Hbond substituents is 1. The molecule has 1 aromatic rings. The number of carbonyl (C=O) groups excluding carboxylic acids is 1. The molecule has 0 heterocycles. The van der Waals surface area contributed by atoms with E-state index in [4.69, 9.17) is 4.74 Å². The van der Waals surface area contributed by atoms with Crippen LogP contribution in [0.2, 0.25) is 0 Å². The molecule has 170 valence electrons. The summed E-state index contributed by atoms with van der Waals surface area (Å²) in [4.78, 5) is 12.0. The summed E-state index contributed by atoms with van der Waals surface area (Å²) in [5, 5.41) is 12.5. The third kappa shape index (κ3) is 13.3. The van der Waals surface area contributed by atoms with Crippen LogP contribution in [0.1, 0.15) is 102 Å². The fourth-order valence-electron chi connectivity index (χ4n) is 3.48. The Bertz CT molecular complexity index is 598. The van der Waals surface area contributed by atoms with Crippen LogP contribution in [-0.2, 0) is 11.3 Å². The lowest BCUT2D eigenvalue weighted by molar-refractivity contribution is -0.121. The Labute approximate surface area is 184 Å². The molecule has 1 amide bonds. The van der Waals surface area contributed by atoms with Crippen LogP contribution in [0.3, 0.4) is 0 Å². The molecule has 1 rings (SSSR count). The zero-order valence-corrected chi connectivity index (χ0v) is 19.3. The number of hydrogen-bond acceptors (Lipinski definition) is 3. The molecule has 0 saturated carbocycles. The van der Waals surface area contributed by atoms with E-state index in [1.165, 1.54) is 77.7 Å². The maximum Gasteiger partial charge on any atom is 0.220 e. The Morgan fingerprint density at radius 2 is 1.53 bits per heavy atom. The molecule has 0 atom stereocenters. The van der Waals surface area contributed by atoms with Gasteiger partial charge in [0.25, 0.3) is 0 Å². The number of rotatable bonds is 18. The zero-order valence-electron chi connectivity index (χ0n) is 19.3. The molecular formula is C26H43NO3. The molecule has 0 saturated heterocycles. The van der Waals surface area contributed by atoms with E-state index >= 15 is 0 Å². The Hall–Kier alpha value is -1.97. The monoisotopic (exact) mass is 417 g/mol. The second-order valence-electron chi connectivity index (χ2n) is 8.12. The van der Waals surface area contributed by atoms with Crippen molar-refractivity contribution >= 4 is 5.91 Å². The number of hydrogen-bond donors (Lipinski definition) is 2. The summed E-state index contributed by atoms with van der Waals surface area (Å²) < 4.78 is 5.09. The molecule has 0 aromatic heterocycles. The van der Waals surface area contributed by atoms with E-state index < -0.39 is 0 Å². The molecule has 0 aliphatic carbocycles. The second kappa shape index (κ2) is 17.9. The highest BCUT2D eigenvalue weighted by atomic mass is 16.5. The van der Waals surface area contributed by atoms with Gasteiger partial charge in [-0.25, -0.2) is 0 Å². The van der Waals surface area contributed by atoms with Crippen LogP contribution in [-0.4, -0.2) is 18.1 Å². The van der Waals surface area contributed by atoms with Crippen molar-refractivity contribution in [2.75, 3.05) is 7.11 Å². The molecule has 0 aliphatic rings. The minimum atomic E-state index is 0.0851. The van der Waals surface area contributed by atoms with Crippen LogP contribution >= 0.6 is 0 Å². The third-order valence-corrected chi connectivity index (χ3v) is 5.40. The topological polar surface area (TPSA) is 58.6 Å². The van der Waals surface area contributed by atoms with Gasteiger partial charge >= 0.3 is 0 Å². The molecule has 0 fully saturated rings. The Balaban J connectivity index is 1.92. The van der Waals surface area contributed by atoms with E-state index in [-0.39, 0.29) is 11.7 Å². The van der Waals surface area contributed by atoms with Gasteiger partial charge in [0.15, 0.2) is 11.5 Å². The molecule has 0 spiro atoms. The first-order valence-electron chi connectivity index (χ1n) is 11.9. The normalized spacial score (nSPS) is 11.1. The number of aromatic hydroxyl groups is 1. The fraction of sp³-hybridized carbons (Fsp3) is 0.654. The van der Waals surface area contributed by atoms with E-state index in [2.05, 4.69) is 24.4 Å². The number of phenols is 1. The Morgan fingerprint density at radius 1 is 0.933 bits per heavy atom. The lowest BCUT2D eigenvalue weighted by Gasteiger charge is -2.08. The standard InChI is InChI=1S/C26H43NO3/c1-3-4-5-6-7-8-9-10-11-12-13-14-15-16-17-18-26(29)27-22-23-19-20-24(28)25(21-23)30-2/h9-10,19-21,28H,3-8,11-18,22H2,1-2H3,(H,27,29)/b10-9+. The van der Waals surface area contributed by atoms with Crippen LogP contribution in [0, 0.1) is 0 Å². The number of carbonyl (C=O) groups is 1. The predicted octanol–water partition coefficient (Wildman–Crippen LogP) is 7.05. The highest BCUT2D eigenvalue weighted by Gasteiger charge is 2.05. The van der Waals surface area contributed by atoms with E-state index in [0.29, 0.717) is 18.7 Å². The van der Waals surface area contributed by atoms with Crippen molar-refractivity contribution in [1.82, 2.24) is 5.32 Å². The third-order valence-electron chi connectivity index (χ3n) is 5.40. The quantitative estimate of drug-likeness (QED) is 0.199. The largest absolute Gasteiger partial charge is 0.504 e. The van der Waals surface area contributed by atoms with Gasteiger partial charge in [0.2, 0.25) is 5.91 Å². The number of allylic oxidation sites excluding steroid dienone is 2. The number of methoxy groups -OCH3 is 1. The lowest BCUT2D eigenvalue weighted by Crippen LogP contribution is -2.22. The predicted molar refractivity (Wildman–Crippen MR) is 126 cm³/mol. The SMILES string of the molecule is CCCCCCC/C=C/CCCCCCCCC(=O)NCc1ccc(O)c(OC)c1. The van der Waals surface area contributed by atoms with E-state index in [0.717, 1.165) is 18.4 Å².